The molecule has 1 unspecified atom stereocenters. The Labute approximate surface area is 144 Å². The van der Waals surface area contributed by atoms with Gasteiger partial charge in [0.05, 0.1) is 25.0 Å². The second kappa shape index (κ2) is 7.69. The van der Waals surface area contributed by atoms with Crippen molar-refractivity contribution < 1.29 is 23.2 Å². The fourth-order valence-electron chi connectivity index (χ4n) is 2.69. The van der Waals surface area contributed by atoms with E-state index in [0.29, 0.717) is 18.8 Å². The van der Waals surface area contributed by atoms with Crippen molar-refractivity contribution in [2.24, 2.45) is 5.92 Å². The van der Waals surface area contributed by atoms with Crippen molar-refractivity contribution >= 4 is 17.7 Å². The second-order valence-electron chi connectivity index (χ2n) is 5.78. The van der Waals surface area contributed by atoms with Crippen molar-refractivity contribution in [1.29, 1.82) is 0 Å². The van der Waals surface area contributed by atoms with Gasteiger partial charge in [-0.3, -0.25) is 14.4 Å². The van der Waals surface area contributed by atoms with Crippen LogP contribution in [0.15, 0.2) is 45.6 Å². The van der Waals surface area contributed by atoms with Crippen LogP contribution >= 0.6 is 0 Å². The quantitative estimate of drug-likeness (QED) is 0.721. The molecule has 3 amide bonds. The molecule has 8 nitrogen and oxygen atoms in total. The lowest BCUT2D eigenvalue weighted by molar-refractivity contribution is -0.129. The summed E-state index contributed by atoms with van der Waals surface area (Å²) in [6.07, 6.45) is 3.16. The molecule has 25 heavy (non-hydrogen) atoms. The van der Waals surface area contributed by atoms with Crippen molar-refractivity contribution in [2.75, 3.05) is 19.6 Å². The highest BCUT2D eigenvalue weighted by Gasteiger charge is 2.34. The molecule has 2 N–H and O–H groups in total. The van der Waals surface area contributed by atoms with Gasteiger partial charge in [-0.15, -0.1) is 0 Å². The van der Waals surface area contributed by atoms with Crippen LogP contribution in [0.3, 0.4) is 0 Å². The lowest BCUT2D eigenvalue weighted by Crippen LogP contribution is -2.38. The van der Waals surface area contributed by atoms with E-state index >= 15 is 0 Å². The van der Waals surface area contributed by atoms with E-state index in [1.807, 2.05) is 0 Å². The number of furan rings is 2. The minimum atomic E-state index is -0.386. The Morgan fingerprint density at radius 1 is 1.12 bits per heavy atom. The third-order valence-corrected chi connectivity index (χ3v) is 3.97. The fourth-order valence-corrected chi connectivity index (χ4v) is 2.69. The molecule has 0 bridgehead atoms. The molecular formula is C17H19N3O5. The normalized spacial score (nSPS) is 16.9. The molecule has 2 aromatic heterocycles. The SMILES string of the molecule is O=C(NCCNC(=O)C1CC(=O)N(Cc2ccco2)C1)c1ccco1. The van der Waals surface area contributed by atoms with Gasteiger partial charge >= 0.3 is 0 Å². The number of rotatable bonds is 7. The summed E-state index contributed by atoms with van der Waals surface area (Å²) in [6, 6.07) is 6.74. The van der Waals surface area contributed by atoms with E-state index in [-0.39, 0.29) is 48.9 Å². The number of hydrogen-bond acceptors (Lipinski definition) is 5. The van der Waals surface area contributed by atoms with Crippen LogP contribution in [0, 0.1) is 5.92 Å². The molecule has 0 saturated carbocycles. The van der Waals surface area contributed by atoms with Crippen molar-refractivity contribution in [1.82, 2.24) is 15.5 Å². The summed E-state index contributed by atoms with van der Waals surface area (Å²) in [4.78, 5) is 37.4. The van der Waals surface area contributed by atoms with Gasteiger partial charge in [0.25, 0.3) is 5.91 Å². The minimum Gasteiger partial charge on any atom is -0.467 e. The van der Waals surface area contributed by atoms with Crippen LogP contribution < -0.4 is 10.6 Å². The van der Waals surface area contributed by atoms with Gasteiger partial charge in [-0.1, -0.05) is 0 Å². The van der Waals surface area contributed by atoms with Crippen LogP contribution in [0.5, 0.6) is 0 Å². The van der Waals surface area contributed by atoms with E-state index in [1.165, 1.54) is 6.26 Å². The molecule has 0 aromatic carbocycles. The van der Waals surface area contributed by atoms with Crippen LogP contribution in [-0.4, -0.2) is 42.3 Å². The first-order chi connectivity index (χ1) is 12.1. The maximum Gasteiger partial charge on any atom is 0.287 e. The lowest BCUT2D eigenvalue weighted by atomic mass is 10.1. The fraction of sp³-hybridized carbons (Fsp3) is 0.353. The average Bonchev–Trinajstić information content (AvgIpc) is 3.34. The van der Waals surface area contributed by atoms with E-state index in [4.69, 9.17) is 8.83 Å². The Hall–Kier alpha value is -3.03. The maximum atomic E-state index is 12.2. The number of likely N-dealkylation sites (tertiary alicyclic amines) is 1. The first-order valence-corrected chi connectivity index (χ1v) is 8.03. The van der Waals surface area contributed by atoms with E-state index in [0.717, 1.165) is 0 Å². The van der Waals surface area contributed by atoms with Gasteiger partial charge in [-0.05, 0) is 24.3 Å². The van der Waals surface area contributed by atoms with Crippen LogP contribution in [0.2, 0.25) is 0 Å². The Bertz CT molecular complexity index is 724. The summed E-state index contributed by atoms with van der Waals surface area (Å²) in [6.45, 7) is 1.30. The Balaban J connectivity index is 1.38. The summed E-state index contributed by atoms with van der Waals surface area (Å²) in [5, 5.41) is 5.38. The molecular weight excluding hydrogens is 326 g/mol. The van der Waals surface area contributed by atoms with Crippen LogP contribution in [-0.2, 0) is 16.1 Å². The molecule has 1 aliphatic rings. The second-order valence-corrected chi connectivity index (χ2v) is 5.78. The van der Waals surface area contributed by atoms with Crippen molar-refractivity contribution in [2.45, 2.75) is 13.0 Å². The Morgan fingerprint density at radius 2 is 1.88 bits per heavy atom. The van der Waals surface area contributed by atoms with Crippen LogP contribution in [0.1, 0.15) is 22.7 Å². The lowest BCUT2D eigenvalue weighted by Gasteiger charge is -2.15. The average molecular weight is 345 g/mol. The van der Waals surface area contributed by atoms with Crippen LogP contribution in [0.25, 0.3) is 0 Å². The molecule has 3 rings (SSSR count). The largest absolute Gasteiger partial charge is 0.467 e. The molecule has 3 heterocycles. The van der Waals surface area contributed by atoms with E-state index < -0.39 is 0 Å². The molecule has 8 heteroatoms. The highest BCUT2D eigenvalue weighted by molar-refractivity contribution is 5.91. The zero-order chi connectivity index (χ0) is 17.6. The molecule has 0 spiro atoms. The van der Waals surface area contributed by atoms with Crippen LogP contribution in [0.4, 0.5) is 0 Å². The summed E-state index contributed by atoms with van der Waals surface area (Å²) in [5.74, 6) is -0.0651. The van der Waals surface area contributed by atoms with E-state index in [9.17, 15) is 14.4 Å². The number of hydrogen-bond donors (Lipinski definition) is 2. The third-order valence-electron chi connectivity index (χ3n) is 3.97. The molecule has 0 radical (unpaired) electrons. The predicted octanol–water partition coefficient (Wildman–Crippen LogP) is 0.767. The van der Waals surface area contributed by atoms with E-state index in [2.05, 4.69) is 10.6 Å². The summed E-state index contributed by atoms with van der Waals surface area (Å²) < 4.78 is 10.2. The first-order valence-electron chi connectivity index (χ1n) is 8.03. The van der Waals surface area contributed by atoms with Crippen molar-refractivity contribution in [3.8, 4) is 0 Å². The van der Waals surface area contributed by atoms with Crippen molar-refractivity contribution in [3.05, 3.63) is 48.3 Å². The molecule has 2 aromatic rings. The standard InChI is InChI=1S/C17H19N3O5/c21-15-9-12(10-20(15)11-13-3-1-7-24-13)16(22)18-5-6-19-17(23)14-4-2-8-25-14/h1-4,7-8,12H,5-6,9-11H2,(H,18,22)(H,19,23). The Morgan fingerprint density at radius 3 is 2.60 bits per heavy atom. The molecule has 1 atom stereocenters. The number of amides is 3. The van der Waals surface area contributed by atoms with Gasteiger partial charge in [0.1, 0.15) is 5.76 Å². The van der Waals surface area contributed by atoms with Gasteiger partial charge in [0.2, 0.25) is 11.8 Å². The molecule has 0 aliphatic carbocycles. The minimum absolute atomic E-state index is 0.0670. The van der Waals surface area contributed by atoms with Gasteiger partial charge < -0.3 is 24.4 Å². The summed E-state index contributed by atoms with van der Waals surface area (Å²) in [5.41, 5.74) is 0. The molecule has 1 saturated heterocycles. The summed E-state index contributed by atoms with van der Waals surface area (Å²) >= 11 is 0. The zero-order valence-corrected chi connectivity index (χ0v) is 13.6. The molecule has 1 fully saturated rings. The smallest absolute Gasteiger partial charge is 0.287 e. The number of nitrogens with one attached hydrogen (secondary N) is 2. The molecule has 1 aliphatic heterocycles. The number of carbonyl (C=O) groups excluding carboxylic acids is 3. The highest BCUT2D eigenvalue weighted by Crippen LogP contribution is 2.20. The zero-order valence-electron chi connectivity index (χ0n) is 13.6. The van der Waals surface area contributed by atoms with Gasteiger partial charge in [0, 0.05) is 26.1 Å². The van der Waals surface area contributed by atoms with Gasteiger partial charge in [-0.25, -0.2) is 0 Å². The highest BCUT2D eigenvalue weighted by atomic mass is 16.3. The Kier molecular flexibility index (Phi) is 5.17. The third kappa shape index (κ3) is 4.28. The summed E-state index contributed by atoms with van der Waals surface area (Å²) in [7, 11) is 0. The number of nitrogens with zero attached hydrogens (tertiary/aromatic N) is 1. The first kappa shape index (κ1) is 16.8. The molecule has 132 valence electrons. The van der Waals surface area contributed by atoms with Gasteiger partial charge in [-0.2, -0.15) is 0 Å². The predicted molar refractivity (Wildman–Crippen MR) is 86.3 cm³/mol. The topological polar surface area (TPSA) is 105 Å². The number of carbonyl (C=O) groups is 3. The maximum absolute atomic E-state index is 12.2. The van der Waals surface area contributed by atoms with E-state index in [1.54, 1.807) is 35.4 Å². The monoisotopic (exact) mass is 345 g/mol. The van der Waals surface area contributed by atoms with Gasteiger partial charge in [0.15, 0.2) is 5.76 Å². The van der Waals surface area contributed by atoms with Crippen molar-refractivity contribution in [3.63, 3.8) is 0 Å².